The zero-order chi connectivity index (χ0) is 27.2. The Kier molecular flexibility index (Phi) is 8.24. The van der Waals surface area contributed by atoms with Gasteiger partial charge in [-0.1, -0.05) is 37.3 Å². The highest BCUT2D eigenvalue weighted by Crippen LogP contribution is 2.30. The van der Waals surface area contributed by atoms with Crippen LogP contribution in [0.15, 0.2) is 66.9 Å². The lowest BCUT2D eigenvalue weighted by Gasteiger charge is -2.37. The van der Waals surface area contributed by atoms with Gasteiger partial charge in [0.25, 0.3) is 5.91 Å². The molecular weight excluding hydrogens is 482 g/mol. The largest absolute Gasteiger partial charge is 0.472 e. The van der Waals surface area contributed by atoms with Crippen molar-refractivity contribution in [2.45, 2.75) is 26.0 Å². The van der Waals surface area contributed by atoms with Crippen molar-refractivity contribution in [2.24, 2.45) is 5.92 Å². The minimum Gasteiger partial charge on any atom is -0.472 e. The summed E-state index contributed by atoms with van der Waals surface area (Å²) in [6.45, 7) is 4.14. The number of anilines is 1. The molecule has 0 unspecified atom stereocenters. The normalized spacial score (nSPS) is 17.8. The molecule has 0 bridgehead atoms. The summed E-state index contributed by atoms with van der Waals surface area (Å²) >= 11 is 0. The first-order valence-electron chi connectivity index (χ1n) is 12.5. The maximum atomic E-state index is 13.6. The Morgan fingerprint density at radius 1 is 1.24 bits per heavy atom. The van der Waals surface area contributed by atoms with Crippen LogP contribution in [0.3, 0.4) is 0 Å². The molecule has 0 radical (unpaired) electrons. The molecule has 0 saturated carbocycles. The van der Waals surface area contributed by atoms with Gasteiger partial charge in [0.15, 0.2) is 0 Å². The maximum absolute atomic E-state index is 13.6. The van der Waals surface area contributed by atoms with Crippen LogP contribution in [0.5, 0.6) is 5.88 Å². The summed E-state index contributed by atoms with van der Waals surface area (Å²) in [6, 6.07) is 19.3. The van der Waals surface area contributed by atoms with Gasteiger partial charge in [0, 0.05) is 37.0 Å². The van der Waals surface area contributed by atoms with Gasteiger partial charge in [-0.25, -0.2) is 9.78 Å². The number of nitriles is 1. The molecule has 3 atom stereocenters. The van der Waals surface area contributed by atoms with Crippen molar-refractivity contribution in [3.05, 3.63) is 78.0 Å². The number of nitrogens with one attached hydrogen (secondary N) is 1. The molecule has 1 aliphatic heterocycles. The molecule has 196 valence electrons. The lowest BCUT2D eigenvalue weighted by molar-refractivity contribution is 0.0356. The molecule has 3 aromatic rings. The molecule has 1 aliphatic rings. The summed E-state index contributed by atoms with van der Waals surface area (Å²) in [5, 5.41) is 21.8. The minimum absolute atomic E-state index is 0.159. The molecule has 9 nitrogen and oxygen atoms in total. The number of fused-ring (bicyclic) bond motifs is 1. The van der Waals surface area contributed by atoms with Gasteiger partial charge in [0.05, 0.1) is 30.8 Å². The highest BCUT2D eigenvalue weighted by atomic mass is 16.5. The molecule has 0 aliphatic carbocycles. The maximum Gasteiger partial charge on any atom is 0.321 e. The number of benzene rings is 2. The number of nitrogens with zero attached hydrogens (tertiary/aromatic N) is 4. The smallest absolute Gasteiger partial charge is 0.321 e. The number of amides is 3. The van der Waals surface area contributed by atoms with Gasteiger partial charge in [-0.05, 0) is 42.8 Å². The second-order valence-electron chi connectivity index (χ2n) is 9.57. The summed E-state index contributed by atoms with van der Waals surface area (Å²) < 4.78 is 6.29. The van der Waals surface area contributed by atoms with E-state index in [2.05, 4.69) is 16.4 Å². The van der Waals surface area contributed by atoms with E-state index in [1.165, 1.54) is 0 Å². The van der Waals surface area contributed by atoms with Gasteiger partial charge in [-0.15, -0.1) is 0 Å². The minimum atomic E-state index is -0.463. The third kappa shape index (κ3) is 5.93. The highest BCUT2D eigenvalue weighted by molar-refractivity contribution is 5.98. The van der Waals surface area contributed by atoms with Crippen molar-refractivity contribution in [3.8, 4) is 23.1 Å². The summed E-state index contributed by atoms with van der Waals surface area (Å²) in [7, 11) is 1.69. The lowest BCUT2D eigenvalue weighted by atomic mass is 9.99. The van der Waals surface area contributed by atoms with E-state index in [0.29, 0.717) is 23.4 Å². The van der Waals surface area contributed by atoms with Gasteiger partial charge >= 0.3 is 6.03 Å². The summed E-state index contributed by atoms with van der Waals surface area (Å²) in [6.07, 6.45) is 1.16. The molecule has 0 saturated heterocycles. The average molecular weight is 514 g/mol. The van der Waals surface area contributed by atoms with Crippen molar-refractivity contribution < 1.29 is 19.4 Å². The number of carbonyl (C=O) groups is 2. The molecule has 9 heteroatoms. The Morgan fingerprint density at radius 2 is 1.95 bits per heavy atom. The van der Waals surface area contributed by atoms with Crippen LogP contribution >= 0.6 is 0 Å². The third-order valence-electron chi connectivity index (χ3n) is 6.69. The fourth-order valence-electron chi connectivity index (χ4n) is 4.31. The number of para-hydroxylation sites is 1. The van der Waals surface area contributed by atoms with Crippen molar-refractivity contribution >= 4 is 17.6 Å². The van der Waals surface area contributed by atoms with Crippen molar-refractivity contribution in [1.29, 1.82) is 5.26 Å². The van der Waals surface area contributed by atoms with Crippen LogP contribution in [-0.2, 0) is 0 Å². The molecule has 4 rings (SSSR count). The number of rotatable bonds is 6. The van der Waals surface area contributed by atoms with Gasteiger partial charge in [0.2, 0.25) is 5.88 Å². The Hall–Kier alpha value is -4.42. The van der Waals surface area contributed by atoms with Gasteiger partial charge in [-0.2, -0.15) is 5.26 Å². The molecule has 1 aromatic heterocycles. The van der Waals surface area contributed by atoms with E-state index in [4.69, 9.17) is 10.00 Å². The molecule has 0 spiro atoms. The standard InChI is InChI=1S/C29H31N5O4/c1-19-16-34(20(2)18-35)28(36)25-13-23(22-11-9-21(14-30)10-12-22)15-31-27(25)38-26(19)17-33(3)29(37)32-24-7-5-4-6-8-24/h4-13,15,19-20,26,35H,16-18H2,1-3H3,(H,32,37)/t19-,20+,26+/m0/s1. The van der Waals surface area contributed by atoms with E-state index < -0.39 is 12.1 Å². The number of pyridine rings is 1. The zero-order valence-electron chi connectivity index (χ0n) is 21.7. The number of carbonyl (C=O) groups excluding carboxylic acids is 2. The molecular formula is C29H31N5O4. The van der Waals surface area contributed by atoms with Crippen LogP contribution < -0.4 is 10.1 Å². The zero-order valence-corrected chi connectivity index (χ0v) is 21.7. The van der Waals surface area contributed by atoms with Crippen LogP contribution in [0.2, 0.25) is 0 Å². The first-order valence-corrected chi connectivity index (χ1v) is 12.5. The van der Waals surface area contributed by atoms with E-state index in [0.717, 1.165) is 5.56 Å². The van der Waals surface area contributed by atoms with Gasteiger partial charge in [-0.3, -0.25) is 4.79 Å². The van der Waals surface area contributed by atoms with E-state index in [9.17, 15) is 14.7 Å². The number of ether oxygens (including phenoxy) is 1. The number of urea groups is 1. The summed E-state index contributed by atoms with van der Waals surface area (Å²) in [5.41, 5.74) is 3.00. The molecule has 2 N–H and O–H groups in total. The SMILES string of the molecule is C[C@H](CO)N1C[C@H](C)[C@@H](CN(C)C(=O)Nc2ccccc2)Oc2ncc(-c3ccc(C#N)cc3)cc2C1=O. The Balaban J connectivity index is 1.63. The predicted octanol–water partition coefficient (Wildman–Crippen LogP) is 4.00. The number of aromatic nitrogens is 1. The van der Waals surface area contributed by atoms with Crippen LogP contribution in [0, 0.1) is 17.2 Å². The van der Waals surface area contributed by atoms with Crippen LogP contribution in [0.4, 0.5) is 10.5 Å². The van der Waals surface area contributed by atoms with Crippen LogP contribution in [-0.4, -0.2) is 70.7 Å². The average Bonchev–Trinajstić information content (AvgIpc) is 2.94. The molecule has 0 fully saturated rings. The first-order chi connectivity index (χ1) is 18.3. The van der Waals surface area contributed by atoms with E-state index in [1.807, 2.05) is 37.3 Å². The fourth-order valence-corrected chi connectivity index (χ4v) is 4.31. The Morgan fingerprint density at radius 3 is 2.61 bits per heavy atom. The number of hydrogen-bond donors (Lipinski definition) is 2. The highest BCUT2D eigenvalue weighted by Gasteiger charge is 2.34. The monoisotopic (exact) mass is 513 g/mol. The summed E-state index contributed by atoms with van der Waals surface area (Å²) in [4.78, 5) is 34.1. The first kappa shape index (κ1) is 26.6. The quantitative estimate of drug-likeness (QED) is 0.514. The molecule has 2 aromatic carbocycles. The van der Waals surface area contributed by atoms with Gasteiger partial charge < -0.3 is 25.0 Å². The topological polar surface area (TPSA) is 119 Å². The number of aliphatic hydroxyl groups excluding tert-OH is 1. The lowest BCUT2D eigenvalue weighted by Crippen LogP contribution is -2.50. The van der Waals surface area contributed by atoms with Crippen molar-refractivity contribution in [1.82, 2.24) is 14.8 Å². The molecule has 2 heterocycles. The van der Waals surface area contributed by atoms with E-state index >= 15 is 0 Å². The number of likely N-dealkylation sites (N-methyl/N-ethyl adjacent to an activating group) is 1. The summed E-state index contributed by atoms with van der Waals surface area (Å²) in [5.74, 6) is -0.269. The third-order valence-corrected chi connectivity index (χ3v) is 6.69. The molecule has 3 amide bonds. The fraction of sp³-hybridized carbons (Fsp3) is 0.310. The van der Waals surface area contributed by atoms with Crippen LogP contribution in [0.1, 0.15) is 29.8 Å². The van der Waals surface area contributed by atoms with Crippen molar-refractivity contribution in [3.63, 3.8) is 0 Å². The second-order valence-corrected chi connectivity index (χ2v) is 9.57. The van der Waals surface area contributed by atoms with Crippen LogP contribution in [0.25, 0.3) is 11.1 Å². The van der Waals surface area contributed by atoms with Crippen molar-refractivity contribution in [2.75, 3.05) is 32.1 Å². The van der Waals surface area contributed by atoms with E-state index in [-0.39, 0.29) is 42.5 Å². The molecule has 38 heavy (non-hydrogen) atoms. The number of hydrogen-bond acceptors (Lipinski definition) is 6. The van der Waals surface area contributed by atoms with Gasteiger partial charge in [0.1, 0.15) is 11.7 Å². The second kappa shape index (κ2) is 11.8. The number of aliphatic hydroxyl groups is 1. The predicted molar refractivity (Wildman–Crippen MR) is 144 cm³/mol. The Bertz CT molecular complexity index is 1320. The Labute approximate surface area is 222 Å². The van der Waals surface area contributed by atoms with E-state index in [1.54, 1.807) is 60.3 Å².